The van der Waals surface area contributed by atoms with Gasteiger partial charge in [0.25, 0.3) is 5.56 Å². The molecule has 0 fully saturated rings. The number of hydrogen-bond acceptors (Lipinski definition) is 6. The third-order valence-corrected chi connectivity index (χ3v) is 6.56. The Morgan fingerprint density at radius 1 is 1.19 bits per heavy atom. The van der Waals surface area contributed by atoms with E-state index in [-0.39, 0.29) is 21.8 Å². The number of allylic oxidation sites excluding steroid dienone is 2. The van der Waals surface area contributed by atoms with Gasteiger partial charge >= 0.3 is 0 Å². The van der Waals surface area contributed by atoms with E-state index in [1.165, 1.54) is 18.4 Å². The highest BCUT2D eigenvalue weighted by molar-refractivity contribution is 7.71. The summed E-state index contributed by atoms with van der Waals surface area (Å²) in [7, 11) is 3.19. The Kier molecular flexibility index (Phi) is 6.48. The quantitative estimate of drug-likeness (QED) is 0.465. The van der Waals surface area contributed by atoms with Gasteiger partial charge in [-0.2, -0.15) is 0 Å². The number of aromatic hydroxyl groups is 1. The molecule has 0 spiro atoms. The first-order valence-electron chi connectivity index (χ1n) is 10.8. The van der Waals surface area contributed by atoms with Gasteiger partial charge in [0.2, 0.25) is 5.88 Å². The van der Waals surface area contributed by atoms with Crippen LogP contribution in [-0.4, -0.2) is 35.4 Å². The number of H-pyrrole nitrogens is 1. The molecule has 0 amide bonds. The van der Waals surface area contributed by atoms with Crippen LogP contribution in [0.5, 0.6) is 17.4 Å². The first-order chi connectivity index (χ1) is 15.0. The Hall–Kier alpha value is -2.58. The second-order valence-corrected chi connectivity index (χ2v) is 8.44. The average Bonchev–Trinajstić information content (AvgIpc) is 2.78. The van der Waals surface area contributed by atoms with E-state index in [2.05, 4.69) is 16.4 Å². The van der Waals surface area contributed by atoms with Crippen LogP contribution in [0, 0.1) is 4.77 Å². The molecule has 8 heteroatoms. The number of aromatic nitrogens is 2. The predicted octanol–water partition coefficient (Wildman–Crippen LogP) is 3.75. The van der Waals surface area contributed by atoms with Crippen LogP contribution in [0.3, 0.4) is 0 Å². The van der Waals surface area contributed by atoms with Crippen molar-refractivity contribution in [1.29, 1.82) is 0 Å². The molecule has 1 aromatic heterocycles. The highest BCUT2D eigenvalue weighted by Crippen LogP contribution is 2.38. The number of methoxy groups -OCH3 is 2. The fourth-order valence-electron chi connectivity index (χ4n) is 4.57. The Morgan fingerprint density at radius 3 is 2.68 bits per heavy atom. The van der Waals surface area contributed by atoms with Crippen LogP contribution in [0.25, 0.3) is 0 Å². The zero-order chi connectivity index (χ0) is 22.0. The zero-order valence-electron chi connectivity index (χ0n) is 18.0. The normalized spacial score (nSPS) is 18.3. The number of ether oxygens (including phenoxy) is 2. The fraction of sp³-hybridized carbons (Fsp3) is 0.478. The Balaban J connectivity index is 1.74. The van der Waals surface area contributed by atoms with E-state index < -0.39 is 6.04 Å². The first-order valence-corrected chi connectivity index (χ1v) is 11.2. The maximum atomic E-state index is 12.9. The van der Waals surface area contributed by atoms with Gasteiger partial charge < -0.3 is 19.9 Å². The molecule has 7 nitrogen and oxygen atoms in total. The van der Waals surface area contributed by atoms with Gasteiger partial charge in [-0.15, -0.1) is 0 Å². The van der Waals surface area contributed by atoms with Crippen molar-refractivity contribution < 1.29 is 14.6 Å². The lowest BCUT2D eigenvalue weighted by Crippen LogP contribution is -2.35. The van der Waals surface area contributed by atoms with Crippen LogP contribution < -0.4 is 20.3 Å². The van der Waals surface area contributed by atoms with Crippen molar-refractivity contribution >= 4 is 12.2 Å². The summed E-state index contributed by atoms with van der Waals surface area (Å²) in [6, 6.07) is 3.35. The lowest BCUT2D eigenvalue weighted by Gasteiger charge is -2.29. The number of hydrogen-bond donors (Lipinski definition) is 3. The third kappa shape index (κ3) is 4.27. The molecule has 0 radical (unpaired) electrons. The smallest absolute Gasteiger partial charge is 0.260 e. The van der Waals surface area contributed by atoms with Gasteiger partial charge in [0.05, 0.1) is 25.8 Å². The summed E-state index contributed by atoms with van der Waals surface area (Å²) in [6.45, 7) is 1.21. The van der Waals surface area contributed by atoms with Crippen molar-refractivity contribution in [3.63, 3.8) is 0 Å². The monoisotopic (exact) mass is 443 g/mol. The molecule has 1 atom stereocenters. The molecule has 2 heterocycles. The van der Waals surface area contributed by atoms with Gasteiger partial charge in [-0.05, 0) is 74.0 Å². The Labute approximate surface area is 186 Å². The van der Waals surface area contributed by atoms with Gasteiger partial charge in [0, 0.05) is 13.1 Å². The molecule has 1 aliphatic heterocycles. The second-order valence-electron chi connectivity index (χ2n) is 8.05. The van der Waals surface area contributed by atoms with E-state index >= 15 is 0 Å². The standard InChI is InChI=1S/C23H29N3O4S/c1-29-17-12-15-8-10-24-20(16(15)13-18(17)30-2)19-21(27)25-23(31)26(22(19)28)11-9-14-6-4-3-5-7-14/h6,12-13,20,24,28H,3-5,7-11H2,1-2H3,(H,25,27,31). The van der Waals surface area contributed by atoms with Crippen LogP contribution in [0.15, 0.2) is 28.6 Å². The van der Waals surface area contributed by atoms with E-state index in [0.29, 0.717) is 24.6 Å². The number of benzene rings is 1. The lowest BCUT2D eigenvalue weighted by atomic mass is 9.90. The minimum atomic E-state index is -0.469. The molecule has 0 saturated carbocycles. The summed E-state index contributed by atoms with van der Waals surface area (Å²) in [4.78, 5) is 15.7. The number of rotatable bonds is 6. The van der Waals surface area contributed by atoms with E-state index in [0.717, 1.165) is 36.8 Å². The summed E-state index contributed by atoms with van der Waals surface area (Å²) in [5.74, 6) is 1.16. The number of nitrogens with zero attached hydrogens (tertiary/aromatic N) is 1. The molecule has 2 aromatic rings. The van der Waals surface area contributed by atoms with E-state index in [1.54, 1.807) is 18.8 Å². The predicted molar refractivity (Wildman–Crippen MR) is 122 cm³/mol. The molecule has 1 aliphatic carbocycles. The molecule has 1 unspecified atom stereocenters. The van der Waals surface area contributed by atoms with E-state index in [1.807, 2.05) is 12.1 Å². The number of nitrogens with one attached hydrogen (secondary N) is 2. The summed E-state index contributed by atoms with van der Waals surface area (Å²) in [5.41, 5.74) is 3.23. The number of fused-ring (bicyclic) bond motifs is 1. The van der Waals surface area contributed by atoms with Crippen LogP contribution in [0.2, 0.25) is 0 Å². The molecular formula is C23H29N3O4S. The molecule has 166 valence electrons. The molecule has 1 aromatic carbocycles. The largest absolute Gasteiger partial charge is 0.494 e. The van der Waals surface area contributed by atoms with E-state index in [9.17, 15) is 9.90 Å². The molecular weight excluding hydrogens is 414 g/mol. The molecule has 0 saturated heterocycles. The van der Waals surface area contributed by atoms with Crippen LogP contribution in [-0.2, 0) is 13.0 Å². The third-order valence-electron chi connectivity index (χ3n) is 6.24. The maximum absolute atomic E-state index is 12.9. The van der Waals surface area contributed by atoms with Gasteiger partial charge in [0.15, 0.2) is 16.3 Å². The highest BCUT2D eigenvalue weighted by Gasteiger charge is 2.29. The number of aromatic amines is 1. The molecule has 0 bridgehead atoms. The van der Waals surface area contributed by atoms with Crippen molar-refractivity contribution in [1.82, 2.24) is 14.9 Å². The Bertz CT molecular complexity index is 1120. The minimum absolute atomic E-state index is 0.0784. The van der Waals surface area contributed by atoms with Crippen LogP contribution in [0.4, 0.5) is 0 Å². The molecule has 3 N–H and O–H groups in total. The molecule has 2 aliphatic rings. The van der Waals surface area contributed by atoms with Gasteiger partial charge in [0.1, 0.15) is 0 Å². The van der Waals surface area contributed by atoms with Gasteiger partial charge in [-0.25, -0.2) is 0 Å². The SMILES string of the molecule is COc1cc2c(cc1OC)C(c1c(O)n(CCC3=CCCCC3)c(=S)[nH]c1=O)NCC2. The van der Waals surface area contributed by atoms with Crippen LogP contribution in [0.1, 0.15) is 54.8 Å². The Morgan fingerprint density at radius 2 is 1.97 bits per heavy atom. The fourth-order valence-corrected chi connectivity index (χ4v) is 4.84. The lowest BCUT2D eigenvalue weighted by molar-refractivity contribution is 0.352. The van der Waals surface area contributed by atoms with Gasteiger partial charge in [-0.1, -0.05) is 11.6 Å². The van der Waals surface area contributed by atoms with Crippen molar-refractivity contribution in [2.45, 2.75) is 51.1 Å². The maximum Gasteiger partial charge on any atom is 0.260 e. The van der Waals surface area contributed by atoms with Crippen molar-refractivity contribution in [3.8, 4) is 17.4 Å². The summed E-state index contributed by atoms with van der Waals surface area (Å²) in [5, 5.41) is 14.5. The topological polar surface area (TPSA) is 88.5 Å². The van der Waals surface area contributed by atoms with Gasteiger partial charge in [-0.3, -0.25) is 14.3 Å². The van der Waals surface area contributed by atoms with Crippen molar-refractivity contribution in [2.24, 2.45) is 0 Å². The first kappa shape index (κ1) is 21.6. The van der Waals surface area contributed by atoms with Crippen molar-refractivity contribution in [3.05, 3.63) is 55.6 Å². The second kappa shape index (κ2) is 9.28. The molecule has 31 heavy (non-hydrogen) atoms. The summed E-state index contributed by atoms with van der Waals surface area (Å²) in [6.07, 6.45) is 8.52. The highest BCUT2D eigenvalue weighted by atomic mass is 32.1. The van der Waals surface area contributed by atoms with Crippen molar-refractivity contribution in [2.75, 3.05) is 20.8 Å². The summed E-state index contributed by atoms with van der Waals surface area (Å²) >= 11 is 5.38. The average molecular weight is 444 g/mol. The van der Waals surface area contributed by atoms with Crippen LogP contribution >= 0.6 is 12.2 Å². The minimum Gasteiger partial charge on any atom is -0.494 e. The van der Waals surface area contributed by atoms with E-state index in [4.69, 9.17) is 21.7 Å². The summed E-state index contributed by atoms with van der Waals surface area (Å²) < 4.78 is 12.8. The molecule has 4 rings (SSSR count). The zero-order valence-corrected chi connectivity index (χ0v) is 18.8.